The number of aliphatic imine (C=N–C) groups is 2. The maximum atomic E-state index is 5.36. The molecule has 0 atom stereocenters. The van der Waals surface area contributed by atoms with Crippen molar-refractivity contribution in [3.8, 4) is 0 Å². The van der Waals surface area contributed by atoms with E-state index in [0.29, 0.717) is 0 Å². The Labute approximate surface area is 312 Å². The minimum atomic E-state index is 0.159. The van der Waals surface area contributed by atoms with Gasteiger partial charge in [0.25, 0.3) is 0 Å². The highest BCUT2D eigenvalue weighted by atomic mass is 14.8. The van der Waals surface area contributed by atoms with Crippen LogP contribution in [0.1, 0.15) is 109 Å². The van der Waals surface area contributed by atoms with E-state index in [1.54, 1.807) is 0 Å². The van der Waals surface area contributed by atoms with Gasteiger partial charge in [-0.1, -0.05) is 173 Å². The average molecular weight is 681 g/mol. The minimum absolute atomic E-state index is 0.159. The van der Waals surface area contributed by atoms with Gasteiger partial charge in [-0.05, 0) is 95.2 Å². The molecule has 0 aromatic heterocycles. The van der Waals surface area contributed by atoms with E-state index in [9.17, 15) is 0 Å². The molecule has 0 heterocycles. The van der Waals surface area contributed by atoms with Crippen LogP contribution in [0.5, 0.6) is 0 Å². The Hall–Kier alpha value is -5.34. The Balaban J connectivity index is 1.40. The van der Waals surface area contributed by atoms with Crippen molar-refractivity contribution in [2.45, 2.75) is 79.1 Å². The third-order valence-corrected chi connectivity index (χ3v) is 10.4. The van der Waals surface area contributed by atoms with Gasteiger partial charge in [0, 0.05) is 11.8 Å². The Morgan fingerprint density at radius 2 is 0.596 bits per heavy atom. The first-order valence-corrected chi connectivity index (χ1v) is 19.1. The molecule has 0 saturated carbocycles. The molecular formula is C50H52N2. The molecule has 6 aromatic rings. The fourth-order valence-electron chi connectivity index (χ4n) is 7.51. The summed E-state index contributed by atoms with van der Waals surface area (Å²) in [5, 5.41) is 0. The molecule has 0 unspecified atom stereocenters. The van der Waals surface area contributed by atoms with Crippen molar-refractivity contribution in [2.75, 3.05) is 0 Å². The zero-order valence-electron chi connectivity index (χ0n) is 31.7. The molecule has 0 amide bonds. The van der Waals surface area contributed by atoms with E-state index >= 15 is 0 Å². The zero-order chi connectivity index (χ0) is 36.5. The second kappa shape index (κ2) is 17.2. The van der Waals surface area contributed by atoms with Gasteiger partial charge in [-0.15, -0.1) is 0 Å². The highest BCUT2D eigenvalue weighted by Gasteiger charge is 2.22. The molecule has 262 valence electrons. The van der Waals surface area contributed by atoms with Crippen LogP contribution in [-0.4, -0.2) is 11.4 Å². The van der Waals surface area contributed by atoms with Crippen molar-refractivity contribution < 1.29 is 0 Å². The summed E-state index contributed by atoms with van der Waals surface area (Å²) in [5.74, 6) is 0.318. The lowest BCUT2D eigenvalue weighted by molar-refractivity contribution is 0.954. The van der Waals surface area contributed by atoms with Crippen LogP contribution in [0.2, 0.25) is 0 Å². The summed E-state index contributed by atoms with van der Waals surface area (Å²) in [7, 11) is 0. The van der Waals surface area contributed by atoms with E-state index < -0.39 is 0 Å². The maximum absolute atomic E-state index is 5.36. The fraction of sp³-hybridized carbons (Fsp3) is 0.240. The van der Waals surface area contributed by atoms with Crippen molar-refractivity contribution in [1.29, 1.82) is 0 Å². The topological polar surface area (TPSA) is 24.7 Å². The average Bonchev–Trinajstić information content (AvgIpc) is 3.20. The summed E-state index contributed by atoms with van der Waals surface area (Å²) < 4.78 is 0. The van der Waals surface area contributed by atoms with Crippen LogP contribution in [0.3, 0.4) is 0 Å². The molecule has 2 heteroatoms. The summed E-state index contributed by atoms with van der Waals surface area (Å²) >= 11 is 0. The molecule has 0 bridgehead atoms. The van der Waals surface area contributed by atoms with Crippen LogP contribution in [0.15, 0.2) is 156 Å². The number of hydrogen-bond acceptors (Lipinski definition) is 2. The first-order valence-electron chi connectivity index (χ1n) is 19.1. The molecule has 2 nitrogen and oxygen atoms in total. The van der Waals surface area contributed by atoms with Crippen molar-refractivity contribution in [3.05, 3.63) is 201 Å². The van der Waals surface area contributed by atoms with Crippen LogP contribution in [0.25, 0.3) is 0 Å². The molecule has 6 rings (SSSR count). The van der Waals surface area contributed by atoms with Crippen LogP contribution >= 0.6 is 0 Å². The minimum Gasteiger partial charge on any atom is -0.251 e. The summed E-state index contributed by atoms with van der Waals surface area (Å²) in [6.07, 6.45) is 3.63. The van der Waals surface area contributed by atoms with Crippen molar-refractivity contribution in [3.63, 3.8) is 0 Å². The molecule has 6 aromatic carbocycles. The highest BCUT2D eigenvalue weighted by molar-refractivity contribution is 6.41. The number of hydrogen-bond donors (Lipinski definition) is 0. The third kappa shape index (κ3) is 8.08. The second-order valence-electron chi connectivity index (χ2n) is 13.7. The Kier molecular flexibility index (Phi) is 12.1. The first kappa shape index (κ1) is 36.5. The second-order valence-corrected chi connectivity index (χ2v) is 13.7. The van der Waals surface area contributed by atoms with Crippen molar-refractivity contribution >= 4 is 22.8 Å². The fourth-order valence-corrected chi connectivity index (χ4v) is 7.51. The summed E-state index contributed by atoms with van der Waals surface area (Å²) in [6, 6.07) is 53.0. The molecule has 0 aliphatic rings. The molecule has 0 aliphatic heterocycles. The van der Waals surface area contributed by atoms with E-state index in [1.807, 2.05) is 0 Å². The van der Waals surface area contributed by atoms with Crippen LogP contribution in [-0.2, 0) is 25.7 Å². The molecule has 0 N–H and O–H groups in total. The Morgan fingerprint density at radius 3 is 0.808 bits per heavy atom. The predicted octanol–water partition coefficient (Wildman–Crippen LogP) is 13.2. The summed E-state index contributed by atoms with van der Waals surface area (Å²) in [5.41, 5.74) is 17.1. The van der Waals surface area contributed by atoms with Gasteiger partial charge < -0.3 is 0 Å². The van der Waals surface area contributed by atoms with E-state index in [-0.39, 0.29) is 11.8 Å². The number of nitrogens with zero attached hydrogens (tertiary/aromatic N) is 2. The van der Waals surface area contributed by atoms with E-state index in [2.05, 4.69) is 187 Å². The van der Waals surface area contributed by atoms with Gasteiger partial charge in [0.15, 0.2) is 0 Å². The standard InChI is InChI=1S/C50H52N2/c1-7-37-31-45(47(41-23-15-11-16-24-41)42-25-17-12-18-26-42)32-38(8-2)49(37)51-35(5)36(6)52-50-39(9-3)33-46(34-40(50)10-4)48(43-27-19-13-20-28-43)44-29-21-14-22-30-44/h11-34,47-48H,7-10H2,1-6H3. The lowest BCUT2D eigenvalue weighted by atomic mass is 9.83. The number of rotatable bonds is 13. The van der Waals surface area contributed by atoms with Gasteiger partial charge in [0.1, 0.15) is 0 Å². The number of benzene rings is 6. The van der Waals surface area contributed by atoms with Gasteiger partial charge in [-0.25, -0.2) is 0 Å². The third-order valence-electron chi connectivity index (χ3n) is 10.4. The summed E-state index contributed by atoms with van der Waals surface area (Å²) in [6.45, 7) is 13.2. The summed E-state index contributed by atoms with van der Waals surface area (Å²) in [4.78, 5) is 10.7. The molecule has 0 fully saturated rings. The maximum Gasteiger partial charge on any atom is 0.0697 e. The quantitative estimate of drug-likeness (QED) is 0.0857. The van der Waals surface area contributed by atoms with Gasteiger partial charge in [0.2, 0.25) is 0 Å². The van der Waals surface area contributed by atoms with Gasteiger partial charge in [0.05, 0.1) is 22.8 Å². The largest absolute Gasteiger partial charge is 0.251 e. The zero-order valence-corrected chi connectivity index (χ0v) is 31.7. The van der Waals surface area contributed by atoms with Gasteiger partial charge >= 0.3 is 0 Å². The van der Waals surface area contributed by atoms with Crippen LogP contribution in [0.4, 0.5) is 11.4 Å². The number of aryl methyl sites for hydroxylation is 4. The first-order chi connectivity index (χ1) is 25.4. The monoisotopic (exact) mass is 680 g/mol. The highest BCUT2D eigenvalue weighted by Crippen LogP contribution is 2.39. The Morgan fingerprint density at radius 1 is 0.365 bits per heavy atom. The van der Waals surface area contributed by atoms with Crippen molar-refractivity contribution in [2.24, 2.45) is 9.98 Å². The van der Waals surface area contributed by atoms with Gasteiger partial charge in [-0.3, -0.25) is 9.98 Å². The smallest absolute Gasteiger partial charge is 0.0697 e. The van der Waals surface area contributed by atoms with Crippen LogP contribution < -0.4 is 0 Å². The molecule has 52 heavy (non-hydrogen) atoms. The normalized spacial score (nSPS) is 12.2. The molecule has 0 spiro atoms. The lowest BCUT2D eigenvalue weighted by Crippen LogP contribution is -2.09. The predicted molar refractivity (Wildman–Crippen MR) is 224 cm³/mol. The van der Waals surface area contributed by atoms with Crippen molar-refractivity contribution in [1.82, 2.24) is 0 Å². The van der Waals surface area contributed by atoms with Gasteiger partial charge in [-0.2, -0.15) is 0 Å². The SMILES string of the molecule is CCc1cc(C(c2ccccc2)c2ccccc2)cc(CC)c1N=C(C)C(C)=Nc1c(CC)cc(C(c2ccccc2)c2ccccc2)cc1CC. The molecule has 0 radical (unpaired) electrons. The van der Waals surface area contributed by atoms with E-state index in [0.717, 1.165) is 48.5 Å². The van der Waals surface area contributed by atoms with E-state index in [4.69, 9.17) is 9.98 Å². The van der Waals surface area contributed by atoms with Crippen LogP contribution in [0, 0.1) is 0 Å². The molecular weight excluding hydrogens is 629 g/mol. The molecule has 0 saturated heterocycles. The van der Waals surface area contributed by atoms with E-state index in [1.165, 1.54) is 55.6 Å². The Bertz CT molecular complexity index is 1840. The lowest BCUT2D eigenvalue weighted by Gasteiger charge is -2.22. The molecule has 0 aliphatic carbocycles.